The minimum atomic E-state index is 0.590. The maximum atomic E-state index is 5.65. The summed E-state index contributed by atoms with van der Waals surface area (Å²) < 4.78 is 5.65. The van der Waals surface area contributed by atoms with Crippen LogP contribution in [0.25, 0.3) is 0 Å². The Hall–Kier alpha value is -1.02. The summed E-state index contributed by atoms with van der Waals surface area (Å²) in [5, 5.41) is 3.65. The molecule has 2 nitrogen and oxygen atoms in total. The molecule has 1 aromatic rings. The van der Waals surface area contributed by atoms with Gasteiger partial charge in [0.2, 0.25) is 0 Å². The molecule has 1 aliphatic carbocycles. The van der Waals surface area contributed by atoms with Gasteiger partial charge in [-0.05, 0) is 50.3 Å². The summed E-state index contributed by atoms with van der Waals surface area (Å²) in [6, 6.07) is 6.63. The summed E-state index contributed by atoms with van der Waals surface area (Å²) in [5.41, 5.74) is 2.75. The third-order valence-electron chi connectivity index (χ3n) is 4.79. The molecule has 1 fully saturated rings. The Bertz CT molecular complexity index is 424. The predicted molar refractivity (Wildman–Crippen MR) is 90.2 cm³/mol. The van der Waals surface area contributed by atoms with Crippen molar-refractivity contribution in [3.8, 4) is 5.75 Å². The average Bonchev–Trinajstić information content (AvgIpc) is 2.52. The van der Waals surface area contributed by atoms with E-state index >= 15 is 0 Å². The Labute approximate surface area is 130 Å². The van der Waals surface area contributed by atoms with Crippen LogP contribution >= 0.6 is 0 Å². The van der Waals surface area contributed by atoms with Crippen molar-refractivity contribution in [3.05, 3.63) is 29.3 Å². The van der Waals surface area contributed by atoms with Gasteiger partial charge in [0, 0.05) is 12.5 Å². The molecule has 118 valence electrons. The fraction of sp³-hybridized carbons (Fsp3) is 0.684. The minimum Gasteiger partial charge on any atom is -0.496 e. The standard InChI is InChI=1S/C19H31NO/c1-4-12-20-14-18(16-8-6-5-7-9-16)17-13-15(2)10-11-19(17)21-3/h10-11,13,16,18,20H,4-9,12,14H2,1-3H3. The molecule has 0 saturated heterocycles. The molecule has 0 heterocycles. The summed E-state index contributed by atoms with van der Waals surface area (Å²) in [7, 11) is 1.80. The van der Waals surface area contributed by atoms with Gasteiger partial charge in [0.15, 0.2) is 0 Å². The fourth-order valence-electron chi connectivity index (χ4n) is 3.64. The molecule has 1 saturated carbocycles. The van der Waals surface area contributed by atoms with Gasteiger partial charge in [-0.15, -0.1) is 0 Å². The summed E-state index contributed by atoms with van der Waals surface area (Å²) >= 11 is 0. The second-order valence-electron chi connectivity index (χ2n) is 6.45. The van der Waals surface area contributed by atoms with Gasteiger partial charge in [-0.3, -0.25) is 0 Å². The number of rotatable bonds is 7. The van der Waals surface area contributed by atoms with Gasteiger partial charge in [0.25, 0.3) is 0 Å². The Morgan fingerprint density at radius 2 is 2.00 bits per heavy atom. The van der Waals surface area contributed by atoms with Crippen molar-refractivity contribution in [3.63, 3.8) is 0 Å². The van der Waals surface area contributed by atoms with Crippen LogP contribution in [0.4, 0.5) is 0 Å². The normalized spacial score (nSPS) is 17.7. The first kappa shape index (κ1) is 16.4. The van der Waals surface area contributed by atoms with Crippen molar-refractivity contribution in [2.75, 3.05) is 20.2 Å². The highest BCUT2D eigenvalue weighted by atomic mass is 16.5. The summed E-state index contributed by atoms with van der Waals surface area (Å²) in [6.45, 7) is 6.60. The zero-order chi connectivity index (χ0) is 15.1. The molecule has 0 aromatic heterocycles. The SMILES string of the molecule is CCCNCC(c1cc(C)ccc1OC)C1CCCCC1. The van der Waals surface area contributed by atoms with E-state index in [4.69, 9.17) is 4.74 Å². The largest absolute Gasteiger partial charge is 0.496 e. The van der Waals surface area contributed by atoms with Gasteiger partial charge in [-0.2, -0.15) is 0 Å². The molecule has 2 heteroatoms. The van der Waals surface area contributed by atoms with Crippen LogP contribution in [-0.2, 0) is 0 Å². The van der Waals surface area contributed by atoms with Gasteiger partial charge in [-0.25, -0.2) is 0 Å². The molecule has 0 radical (unpaired) electrons. The smallest absolute Gasteiger partial charge is 0.122 e. The quantitative estimate of drug-likeness (QED) is 0.737. The van der Waals surface area contributed by atoms with Crippen LogP contribution in [0.15, 0.2) is 18.2 Å². The Kier molecular flexibility index (Phi) is 6.56. The van der Waals surface area contributed by atoms with Gasteiger partial charge in [0.05, 0.1) is 7.11 Å². The lowest BCUT2D eigenvalue weighted by Crippen LogP contribution is -2.29. The van der Waals surface area contributed by atoms with Gasteiger partial charge >= 0.3 is 0 Å². The topological polar surface area (TPSA) is 21.3 Å². The number of benzene rings is 1. The van der Waals surface area contributed by atoms with E-state index in [1.807, 2.05) is 0 Å². The summed E-state index contributed by atoms with van der Waals surface area (Å²) in [5.74, 6) is 2.46. The first-order chi connectivity index (χ1) is 10.3. The van der Waals surface area contributed by atoms with Crippen LogP contribution in [-0.4, -0.2) is 20.2 Å². The first-order valence-corrected chi connectivity index (χ1v) is 8.61. The molecular weight excluding hydrogens is 258 g/mol. The number of aryl methyl sites for hydroxylation is 1. The summed E-state index contributed by atoms with van der Waals surface area (Å²) in [4.78, 5) is 0. The molecule has 0 spiro atoms. The maximum absolute atomic E-state index is 5.65. The van der Waals surface area contributed by atoms with E-state index in [9.17, 15) is 0 Å². The average molecular weight is 289 g/mol. The Morgan fingerprint density at radius 3 is 2.67 bits per heavy atom. The molecule has 1 N–H and O–H groups in total. The molecule has 0 aliphatic heterocycles. The third kappa shape index (κ3) is 4.47. The molecular formula is C19H31NO. The number of ether oxygens (including phenoxy) is 1. The maximum Gasteiger partial charge on any atom is 0.122 e. The molecule has 2 rings (SSSR count). The van der Waals surface area contributed by atoms with E-state index in [0.29, 0.717) is 5.92 Å². The van der Waals surface area contributed by atoms with E-state index in [1.165, 1.54) is 49.7 Å². The molecule has 21 heavy (non-hydrogen) atoms. The van der Waals surface area contributed by atoms with Gasteiger partial charge < -0.3 is 10.1 Å². The van der Waals surface area contributed by atoms with Crippen LogP contribution in [0.5, 0.6) is 5.75 Å². The molecule has 1 atom stereocenters. The van der Waals surface area contributed by atoms with Crippen LogP contribution in [0.3, 0.4) is 0 Å². The predicted octanol–water partition coefficient (Wildman–Crippen LogP) is 4.67. The lowest BCUT2D eigenvalue weighted by molar-refractivity contribution is 0.290. The molecule has 1 aromatic carbocycles. The van der Waals surface area contributed by atoms with E-state index in [2.05, 4.69) is 37.4 Å². The van der Waals surface area contributed by atoms with Crippen LogP contribution in [0, 0.1) is 12.8 Å². The highest BCUT2D eigenvalue weighted by molar-refractivity contribution is 5.40. The molecule has 0 amide bonds. The molecule has 0 bridgehead atoms. The van der Waals surface area contributed by atoms with Crippen LogP contribution in [0.2, 0.25) is 0 Å². The second-order valence-corrected chi connectivity index (χ2v) is 6.45. The zero-order valence-corrected chi connectivity index (χ0v) is 14.0. The lowest BCUT2D eigenvalue weighted by Gasteiger charge is -2.32. The number of hydrogen-bond acceptors (Lipinski definition) is 2. The van der Waals surface area contributed by atoms with Crippen molar-refractivity contribution in [2.24, 2.45) is 5.92 Å². The van der Waals surface area contributed by atoms with E-state index < -0.39 is 0 Å². The number of hydrogen-bond donors (Lipinski definition) is 1. The first-order valence-electron chi connectivity index (χ1n) is 8.61. The van der Waals surface area contributed by atoms with Gasteiger partial charge in [-0.1, -0.05) is 43.9 Å². The van der Waals surface area contributed by atoms with Crippen molar-refractivity contribution < 1.29 is 4.74 Å². The van der Waals surface area contributed by atoms with Crippen molar-refractivity contribution in [1.29, 1.82) is 0 Å². The number of methoxy groups -OCH3 is 1. The highest BCUT2D eigenvalue weighted by Gasteiger charge is 2.27. The Morgan fingerprint density at radius 1 is 1.24 bits per heavy atom. The highest BCUT2D eigenvalue weighted by Crippen LogP contribution is 2.39. The molecule has 1 unspecified atom stereocenters. The van der Waals surface area contributed by atoms with Crippen molar-refractivity contribution in [2.45, 2.75) is 58.3 Å². The van der Waals surface area contributed by atoms with Crippen LogP contribution in [0.1, 0.15) is 62.5 Å². The lowest BCUT2D eigenvalue weighted by atomic mass is 9.76. The monoisotopic (exact) mass is 289 g/mol. The zero-order valence-electron chi connectivity index (χ0n) is 14.0. The second kappa shape index (κ2) is 8.43. The van der Waals surface area contributed by atoms with Crippen molar-refractivity contribution in [1.82, 2.24) is 5.32 Å². The van der Waals surface area contributed by atoms with Gasteiger partial charge in [0.1, 0.15) is 5.75 Å². The third-order valence-corrected chi connectivity index (χ3v) is 4.79. The van der Waals surface area contributed by atoms with Crippen molar-refractivity contribution >= 4 is 0 Å². The van der Waals surface area contributed by atoms with E-state index in [1.54, 1.807) is 7.11 Å². The van der Waals surface area contributed by atoms with Crippen LogP contribution < -0.4 is 10.1 Å². The fourth-order valence-corrected chi connectivity index (χ4v) is 3.64. The molecule has 1 aliphatic rings. The van der Waals surface area contributed by atoms with E-state index in [0.717, 1.165) is 24.8 Å². The summed E-state index contributed by atoms with van der Waals surface area (Å²) in [6.07, 6.45) is 8.14. The Balaban J connectivity index is 2.22. The van der Waals surface area contributed by atoms with E-state index in [-0.39, 0.29) is 0 Å². The number of nitrogens with one attached hydrogen (secondary N) is 1. The minimum absolute atomic E-state index is 0.590.